The van der Waals surface area contributed by atoms with Gasteiger partial charge in [-0.1, -0.05) is 13.8 Å². The van der Waals surface area contributed by atoms with Gasteiger partial charge in [0.05, 0.1) is 18.1 Å². The lowest BCUT2D eigenvalue weighted by Crippen LogP contribution is -2.51. The third-order valence-electron chi connectivity index (χ3n) is 2.70. The largest absolute Gasteiger partial charge is 0.481 e. The van der Waals surface area contributed by atoms with E-state index in [0.717, 1.165) is 7.11 Å². The van der Waals surface area contributed by atoms with Gasteiger partial charge < -0.3 is 20.4 Å². The molecule has 1 amide bonds. The predicted octanol–water partition coefficient (Wildman–Crippen LogP) is -0.649. The van der Waals surface area contributed by atoms with Crippen molar-refractivity contribution in [3.63, 3.8) is 0 Å². The number of carboxylic acid groups (broad SMARTS) is 1. The summed E-state index contributed by atoms with van der Waals surface area (Å²) in [7, 11) is 1.10. The topological polar surface area (TPSA) is 122 Å². The van der Waals surface area contributed by atoms with Crippen molar-refractivity contribution in [2.45, 2.75) is 32.9 Å². The molecule has 0 aliphatic rings. The van der Waals surface area contributed by atoms with Crippen LogP contribution in [0, 0.1) is 17.0 Å². The maximum atomic E-state index is 11.5. The normalized spacial score (nSPS) is 16.6. The zero-order chi connectivity index (χ0) is 15.2. The summed E-state index contributed by atoms with van der Waals surface area (Å²) in [5.74, 6) is -3.19. The quantitative estimate of drug-likeness (QED) is 0.323. The van der Waals surface area contributed by atoms with Gasteiger partial charge in [-0.05, 0) is 12.8 Å². The summed E-state index contributed by atoms with van der Waals surface area (Å²) in [6.07, 6.45) is -0.648. The van der Waals surface area contributed by atoms with Crippen molar-refractivity contribution in [2.75, 3.05) is 7.11 Å². The van der Waals surface area contributed by atoms with Gasteiger partial charge in [0.2, 0.25) is 0 Å². The number of aliphatic carboxylic acids is 1. The minimum Gasteiger partial charge on any atom is -0.481 e. The summed E-state index contributed by atoms with van der Waals surface area (Å²) >= 11 is 0. The second-order valence-corrected chi connectivity index (χ2v) is 4.49. The fourth-order valence-electron chi connectivity index (χ4n) is 1.45. The molecule has 0 heterocycles. The smallest absolute Gasteiger partial charge is 0.314 e. The van der Waals surface area contributed by atoms with Crippen molar-refractivity contribution in [1.29, 1.82) is 0 Å². The predicted molar refractivity (Wildman–Crippen MR) is 66.3 cm³/mol. The summed E-state index contributed by atoms with van der Waals surface area (Å²) in [5, 5.41) is 32.0. The first kappa shape index (κ1) is 17.2. The fraction of sp³-hybridized carbons (Fsp3) is 0.727. The number of amides is 1. The molecule has 3 N–H and O–H groups in total. The summed E-state index contributed by atoms with van der Waals surface area (Å²) in [6, 6.07) is -0.792. The van der Waals surface area contributed by atoms with Crippen LogP contribution in [0.1, 0.15) is 20.8 Å². The first-order valence-electron chi connectivity index (χ1n) is 5.77. The molecule has 0 saturated heterocycles. The molecule has 0 aliphatic carbocycles. The monoisotopic (exact) mass is 276 g/mol. The standard InChI is InChI=1S/C11H20N2O6/c1-6(2)9(10(15)7(3)11(16)17)12-8(14)5-13(18)19-4/h5-7,9-10,15H,1-4H3,(H,12,14)(H,16,17)/b13-5+. The minimum absolute atomic E-state index is 0.0419. The van der Waals surface area contributed by atoms with Crippen LogP contribution in [0.15, 0.2) is 0 Å². The zero-order valence-corrected chi connectivity index (χ0v) is 11.4. The number of hydrogen-bond acceptors (Lipinski definition) is 5. The molecule has 110 valence electrons. The highest BCUT2D eigenvalue weighted by atomic mass is 16.9. The molecule has 0 fully saturated rings. The SMILES string of the molecule is CO/[N+]([O-])=C/C(=O)NC(C(C)C)C(O)C(C)C(=O)O. The van der Waals surface area contributed by atoms with Crippen molar-refractivity contribution in [3.8, 4) is 0 Å². The molecule has 0 saturated carbocycles. The van der Waals surface area contributed by atoms with E-state index in [1.54, 1.807) is 13.8 Å². The second-order valence-electron chi connectivity index (χ2n) is 4.49. The lowest BCUT2D eigenvalue weighted by atomic mass is 9.90. The molecule has 0 bridgehead atoms. The summed E-state index contributed by atoms with van der Waals surface area (Å²) < 4.78 is 0. The first-order chi connectivity index (χ1) is 8.70. The maximum Gasteiger partial charge on any atom is 0.314 e. The molecule has 3 atom stereocenters. The van der Waals surface area contributed by atoms with Crippen molar-refractivity contribution in [3.05, 3.63) is 5.21 Å². The Morgan fingerprint density at radius 2 is 1.89 bits per heavy atom. The molecule has 0 aromatic carbocycles. The van der Waals surface area contributed by atoms with E-state index in [0.29, 0.717) is 6.21 Å². The van der Waals surface area contributed by atoms with Crippen molar-refractivity contribution < 1.29 is 29.5 Å². The van der Waals surface area contributed by atoms with Gasteiger partial charge in [0, 0.05) is 12.0 Å². The van der Waals surface area contributed by atoms with Crippen LogP contribution >= 0.6 is 0 Å². The Balaban J connectivity index is 4.85. The van der Waals surface area contributed by atoms with Gasteiger partial charge in [0.1, 0.15) is 0 Å². The number of rotatable bonds is 7. The number of carbonyl (C=O) groups excluding carboxylic acids is 1. The molecule has 19 heavy (non-hydrogen) atoms. The molecule has 0 radical (unpaired) electrons. The van der Waals surface area contributed by atoms with Gasteiger partial charge >= 0.3 is 11.9 Å². The number of carboxylic acids is 1. The van der Waals surface area contributed by atoms with Crippen LogP contribution in [0.3, 0.4) is 0 Å². The average Bonchev–Trinajstić information content (AvgIpc) is 2.33. The van der Waals surface area contributed by atoms with Crippen molar-refractivity contribution >= 4 is 18.1 Å². The Kier molecular flexibility index (Phi) is 6.84. The van der Waals surface area contributed by atoms with Crippen LogP contribution in [0.25, 0.3) is 0 Å². The third kappa shape index (κ3) is 5.56. The van der Waals surface area contributed by atoms with Crippen LogP contribution in [0.5, 0.6) is 0 Å². The van der Waals surface area contributed by atoms with Gasteiger partial charge in [-0.15, -0.1) is 0 Å². The average molecular weight is 276 g/mol. The van der Waals surface area contributed by atoms with Crippen LogP contribution in [0.4, 0.5) is 0 Å². The van der Waals surface area contributed by atoms with Gasteiger partial charge in [-0.25, -0.2) is 0 Å². The number of nitrogens with one attached hydrogen (secondary N) is 1. The van der Waals surface area contributed by atoms with E-state index in [4.69, 9.17) is 5.11 Å². The first-order valence-corrected chi connectivity index (χ1v) is 5.77. The molecule has 0 spiro atoms. The summed E-state index contributed by atoms with van der Waals surface area (Å²) in [4.78, 5) is 26.5. The molecule has 8 nitrogen and oxygen atoms in total. The Morgan fingerprint density at radius 3 is 2.26 bits per heavy atom. The number of nitrogens with zero attached hydrogens (tertiary/aromatic N) is 1. The van der Waals surface area contributed by atoms with E-state index in [1.807, 2.05) is 0 Å². The second kappa shape index (κ2) is 7.57. The number of aliphatic hydroxyl groups is 1. The van der Waals surface area contributed by atoms with E-state index in [-0.39, 0.29) is 10.8 Å². The highest BCUT2D eigenvalue weighted by molar-refractivity contribution is 6.24. The Morgan fingerprint density at radius 1 is 1.37 bits per heavy atom. The summed E-state index contributed by atoms with van der Waals surface area (Å²) in [6.45, 7) is 4.77. The molecule has 3 unspecified atom stereocenters. The molecule has 0 aromatic heterocycles. The number of carbonyl (C=O) groups is 2. The third-order valence-corrected chi connectivity index (χ3v) is 2.70. The molecule has 0 aromatic rings. The Labute approximate surface area is 111 Å². The molecule has 8 heteroatoms. The van der Waals surface area contributed by atoms with Gasteiger partial charge in [-0.3, -0.25) is 14.8 Å². The highest BCUT2D eigenvalue weighted by Gasteiger charge is 2.32. The van der Waals surface area contributed by atoms with Gasteiger partial charge in [0.25, 0.3) is 6.21 Å². The number of aliphatic hydroxyl groups excluding tert-OH is 1. The Bertz CT molecular complexity index is 355. The van der Waals surface area contributed by atoms with E-state index in [2.05, 4.69) is 10.2 Å². The fourth-order valence-corrected chi connectivity index (χ4v) is 1.45. The van der Waals surface area contributed by atoms with Crippen LogP contribution in [-0.2, 0) is 14.4 Å². The van der Waals surface area contributed by atoms with E-state index in [1.165, 1.54) is 6.92 Å². The van der Waals surface area contributed by atoms with Crippen LogP contribution in [0.2, 0.25) is 0 Å². The number of hydrogen-bond donors (Lipinski definition) is 3. The Hall–Kier alpha value is -1.83. The molecular formula is C11H20N2O6. The van der Waals surface area contributed by atoms with Gasteiger partial charge in [0.15, 0.2) is 0 Å². The van der Waals surface area contributed by atoms with E-state index >= 15 is 0 Å². The lowest BCUT2D eigenvalue weighted by Gasteiger charge is -2.28. The zero-order valence-electron chi connectivity index (χ0n) is 11.4. The van der Waals surface area contributed by atoms with E-state index in [9.17, 15) is 19.9 Å². The summed E-state index contributed by atoms with van der Waals surface area (Å²) in [5.41, 5.74) is 0. The minimum atomic E-state index is -1.27. The molecule has 0 aliphatic heterocycles. The van der Waals surface area contributed by atoms with Gasteiger partial charge in [-0.2, -0.15) is 0 Å². The lowest BCUT2D eigenvalue weighted by molar-refractivity contribution is -0.729. The van der Waals surface area contributed by atoms with Crippen molar-refractivity contribution in [1.82, 2.24) is 5.32 Å². The maximum absolute atomic E-state index is 11.5. The highest BCUT2D eigenvalue weighted by Crippen LogP contribution is 2.14. The molecular weight excluding hydrogens is 256 g/mol. The van der Waals surface area contributed by atoms with Crippen LogP contribution < -0.4 is 5.32 Å². The van der Waals surface area contributed by atoms with Crippen molar-refractivity contribution in [2.24, 2.45) is 11.8 Å². The van der Waals surface area contributed by atoms with E-state index < -0.39 is 29.9 Å². The van der Waals surface area contributed by atoms with Crippen LogP contribution in [-0.4, -0.2) is 52.5 Å². The molecule has 0 rings (SSSR count).